The van der Waals surface area contributed by atoms with Crippen LogP contribution in [-0.2, 0) is 80.4 Å². The van der Waals surface area contributed by atoms with Gasteiger partial charge in [0, 0.05) is 11.5 Å². The van der Waals surface area contributed by atoms with Gasteiger partial charge < -0.3 is 47.4 Å². The highest BCUT2D eigenvalue weighted by molar-refractivity contribution is 5.24. The Morgan fingerprint density at radius 3 is 1.52 bits per heavy atom. The molecule has 67 heavy (non-hydrogen) atoms. The lowest BCUT2D eigenvalue weighted by Crippen LogP contribution is -2.54. The first-order valence-corrected chi connectivity index (χ1v) is 23.0. The lowest BCUT2D eigenvalue weighted by Gasteiger charge is -2.45. The highest BCUT2D eigenvalue weighted by Crippen LogP contribution is 2.40. The number of rotatable bonds is 21. The van der Waals surface area contributed by atoms with E-state index in [1.54, 1.807) is 7.11 Å². The summed E-state index contributed by atoms with van der Waals surface area (Å²) in [6, 6.07) is 60.3. The van der Waals surface area contributed by atoms with Crippen molar-refractivity contribution in [3.8, 4) is 0 Å². The molecule has 3 aliphatic rings. The summed E-state index contributed by atoms with van der Waals surface area (Å²) >= 11 is 0. The van der Waals surface area contributed by atoms with E-state index >= 15 is 0 Å². The largest absolute Gasteiger partial charge is 0.499 e. The van der Waals surface area contributed by atoms with Gasteiger partial charge in [-0.3, -0.25) is 0 Å². The number of fused-ring (bicyclic) bond motifs is 1. The smallest absolute Gasteiger partial charge is 0.184 e. The normalized spacial score (nSPS) is 23.7. The highest BCUT2D eigenvalue weighted by atomic mass is 16.7. The third kappa shape index (κ3) is 12.3. The van der Waals surface area contributed by atoms with Gasteiger partial charge in [-0.1, -0.05) is 182 Å². The van der Waals surface area contributed by atoms with Gasteiger partial charge in [0.1, 0.15) is 49.5 Å². The molecule has 0 aromatic heterocycles. The molecular formula is C57H58O10. The van der Waals surface area contributed by atoms with Crippen LogP contribution in [0.1, 0.15) is 39.7 Å². The van der Waals surface area contributed by atoms with Gasteiger partial charge in [-0.05, 0) is 33.9 Å². The van der Waals surface area contributed by atoms with E-state index in [1.807, 2.05) is 188 Å². The first-order chi connectivity index (χ1) is 33.2. The van der Waals surface area contributed by atoms with Crippen molar-refractivity contribution in [1.82, 2.24) is 0 Å². The van der Waals surface area contributed by atoms with E-state index < -0.39 is 42.9 Å². The summed E-state index contributed by atoms with van der Waals surface area (Å²) in [5.74, 6) is 1.45. The van der Waals surface area contributed by atoms with Gasteiger partial charge >= 0.3 is 0 Å². The average Bonchev–Trinajstić information content (AvgIpc) is 3.39. The van der Waals surface area contributed by atoms with Gasteiger partial charge in [-0.2, -0.15) is 0 Å². The summed E-state index contributed by atoms with van der Waals surface area (Å²) in [7, 11) is 1.66. The minimum atomic E-state index is -0.769. The zero-order valence-corrected chi connectivity index (χ0v) is 37.8. The summed E-state index contributed by atoms with van der Waals surface area (Å²) in [5, 5.41) is 0. The fourth-order valence-electron chi connectivity index (χ4n) is 8.62. The maximum absolute atomic E-state index is 7.12. The van der Waals surface area contributed by atoms with Crippen LogP contribution in [0.3, 0.4) is 0 Å². The third-order valence-electron chi connectivity index (χ3n) is 12.1. The molecule has 8 atom stereocenters. The van der Waals surface area contributed by atoms with Crippen molar-refractivity contribution in [2.24, 2.45) is 5.92 Å². The van der Waals surface area contributed by atoms with E-state index in [-0.39, 0.29) is 32.3 Å². The molecule has 0 N–H and O–H groups in total. The second kappa shape index (κ2) is 23.6. The molecule has 6 aromatic carbocycles. The van der Waals surface area contributed by atoms with Crippen LogP contribution in [0.4, 0.5) is 0 Å². The van der Waals surface area contributed by atoms with Crippen LogP contribution in [0.2, 0.25) is 0 Å². The van der Waals surface area contributed by atoms with Crippen LogP contribution < -0.4 is 0 Å². The molecule has 1 saturated heterocycles. The molecule has 6 aromatic rings. The van der Waals surface area contributed by atoms with Crippen LogP contribution in [0.5, 0.6) is 0 Å². The van der Waals surface area contributed by atoms with Gasteiger partial charge in [0.05, 0.1) is 52.9 Å². The van der Waals surface area contributed by atoms with E-state index in [4.69, 9.17) is 47.4 Å². The van der Waals surface area contributed by atoms with E-state index in [9.17, 15) is 0 Å². The number of benzene rings is 6. The Morgan fingerprint density at radius 2 is 0.970 bits per heavy atom. The van der Waals surface area contributed by atoms with Crippen LogP contribution >= 0.6 is 0 Å². The number of hydrogen-bond acceptors (Lipinski definition) is 10. The van der Waals surface area contributed by atoms with Crippen molar-refractivity contribution >= 4 is 0 Å². The number of methoxy groups -OCH3 is 1. The summed E-state index contributed by atoms with van der Waals surface area (Å²) in [4.78, 5) is 0. The number of hydrogen-bond donors (Lipinski definition) is 0. The van der Waals surface area contributed by atoms with E-state index in [0.29, 0.717) is 43.7 Å². The van der Waals surface area contributed by atoms with Gasteiger partial charge in [-0.25, -0.2) is 0 Å². The van der Waals surface area contributed by atoms with Crippen LogP contribution in [0.25, 0.3) is 0 Å². The maximum atomic E-state index is 7.12. The zero-order chi connectivity index (χ0) is 45.5. The molecule has 0 spiro atoms. The minimum Gasteiger partial charge on any atom is -0.499 e. The molecular weight excluding hydrogens is 845 g/mol. The molecule has 346 valence electrons. The van der Waals surface area contributed by atoms with Crippen LogP contribution in [-0.4, -0.2) is 63.6 Å². The van der Waals surface area contributed by atoms with Crippen LogP contribution in [0.15, 0.2) is 205 Å². The van der Waals surface area contributed by atoms with Gasteiger partial charge in [0.2, 0.25) is 0 Å². The summed E-state index contributed by atoms with van der Waals surface area (Å²) < 4.78 is 67.4. The van der Waals surface area contributed by atoms with E-state index in [2.05, 4.69) is 0 Å². The van der Waals surface area contributed by atoms with Crippen molar-refractivity contribution in [1.29, 1.82) is 0 Å². The zero-order valence-electron chi connectivity index (χ0n) is 37.8. The second-order valence-electron chi connectivity index (χ2n) is 16.8. The van der Waals surface area contributed by atoms with Crippen molar-refractivity contribution in [3.05, 3.63) is 239 Å². The molecule has 1 aliphatic carbocycles. The molecule has 0 amide bonds. The highest BCUT2D eigenvalue weighted by Gasteiger charge is 2.49. The SMILES string of the molecule is COC1=C[C@@H]2COC(c3ccccc3)OC2C(OCc2ccccc2)[C@H]1OC[C@H]1OC(COCc2ccccc2)[C@@H](OCc2ccccc2)C(OCc2ccccc2)=C1OCc1ccccc1. The Kier molecular flexibility index (Phi) is 16.2. The topological polar surface area (TPSA) is 92.3 Å². The van der Waals surface area contributed by atoms with E-state index in [1.165, 1.54) is 0 Å². The predicted molar refractivity (Wildman–Crippen MR) is 253 cm³/mol. The lowest BCUT2D eigenvalue weighted by molar-refractivity contribution is -0.278. The Hall–Kier alpha value is -6.08. The predicted octanol–water partition coefficient (Wildman–Crippen LogP) is 10.4. The lowest BCUT2D eigenvalue weighted by atomic mass is 9.86. The van der Waals surface area contributed by atoms with Crippen molar-refractivity contribution in [2.75, 3.05) is 26.9 Å². The van der Waals surface area contributed by atoms with Gasteiger partial charge in [-0.15, -0.1) is 0 Å². The van der Waals surface area contributed by atoms with Gasteiger partial charge in [0.15, 0.2) is 17.8 Å². The maximum Gasteiger partial charge on any atom is 0.184 e. The Morgan fingerprint density at radius 1 is 0.478 bits per heavy atom. The average molecular weight is 903 g/mol. The first kappa shape index (κ1) is 46.0. The van der Waals surface area contributed by atoms with Gasteiger partial charge in [0.25, 0.3) is 0 Å². The molecule has 4 unspecified atom stereocenters. The summed E-state index contributed by atoms with van der Waals surface area (Å²) in [6.07, 6.45) is -2.36. The standard InChI is InChI=1S/C57H58O10/c1-58-48-32-47-38-65-57(46-30-18-7-19-31-46)67-51(47)55(62-36-44-26-14-5-15-27-44)52(48)64-40-50-54(61-35-43-24-12-4-13-25-43)56(63-37-45-28-16-6-17-29-45)53(60-34-42-22-10-3-11-23-42)49(66-50)39-59-33-41-20-8-2-9-21-41/h2-32,47,49-53,55,57H,33-40H2,1H3/t47-,49?,50-,51?,52+,53-,55?,57?/m1/s1. The fourth-order valence-corrected chi connectivity index (χ4v) is 8.62. The van der Waals surface area contributed by atoms with Crippen LogP contribution in [0, 0.1) is 5.92 Å². The molecule has 0 radical (unpaired) electrons. The molecule has 0 saturated carbocycles. The fraction of sp³-hybridized carbons (Fsp3) is 0.298. The Balaban J connectivity index is 1.07. The van der Waals surface area contributed by atoms with Crippen molar-refractivity contribution < 1.29 is 47.4 Å². The minimum absolute atomic E-state index is 0.0372. The molecule has 0 bridgehead atoms. The summed E-state index contributed by atoms with van der Waals surface area (Å²) in [5.41, 5.74) is 5.97. The molecule has 2 heterocycles. The second-order valence-corrected chi connectivity index (χ2v) is 16.8. The molecule has 9 rings (SSSR count). The molecule has 10 nitrogen and oxygen atoms in total. The number of ether oxygens (including phenoxy) is 10. The Bertz CT molecular complexity index is 2440. The van der Waals surface area contributed by atoms with Crippen molar-refractivity contribution in [2.45, 2.75) is 75.9 Å². The Labute approximate surface area is 393 Å². The molecule has 2 aliphatic heterocycles. The van der Waals surface area contributed by atoms with Crippen molar-refractivity contribution in [3.63, 3.8) is 0 Å². The summed E-state index contributed by atoms with van der Waals surface area (Å²) in [6.45, 7) is 2.19. The molecule has 1 fully saturated rings. The van der Waals surface area contributed by atoms with E-state index in [0.717, 1.165) is 33.4 Å². The molecule has 10 heteroatoms. The monoisotopic (exact) mass is 902 g/mol. The quantitative estimate of drug-likeness (QED) is 0.0695. The third-order valence-corrected chi connectivity index (χ3v) is 12.1. The first-order valence-electron chi connectivity index (χ1n) is 23.0.